The van der Waals surface area contributed by atoms with Crippen LogP contribution in [0.4, 0.5) is 9.18 Å². The van der Waals surface area contributed by atoms with Crippen molar-refractivity contribution in [3.63, 3.8) is 0 Å². The summed E-state index contributed by atoms with van der Waals surface area (Å²) in [6.07, 6.45) is 1.73. The molecule has 1 saturated carbocycles. The predicted octanol–water partition coefficient (Wildman–Crippen LogP) is 2.49. The summed E-state index contributed by atoms with van der Waals surface area (Å²) < 4.78 is 13.0. The average molecular weight is 381 g/mol. The first-order valence-electron chi connectivity index (χ1n) is 9.24. The van der Waals surface area contributed by atoms with Crippen molar-refractivity contribution in [3.05, 3.63) is 59.9 Å². The molecule has 1 aliphatic carbocycles. The van der Waals surface area contributed by atoms with Crippen molar-refractivity contribution in [2.24, 2.45) is 5.92 Å². The molecule has 0 aromatic heterocycles. The molecule has 2 fully saturated rings. The van der Waals surface area contributed by atoms with Crippen molar-refractivity contribution in [2.75, 3.05) is 0 Å². The molecule has 1 saturated heterocycles. The molecule has 0 radical (unpaired) electrons. The van der Waals surface area contributed by atoms with Gasteiger partial charge in [-0.1, -0.05) is 36.4 Å². The van der Waals surface area contributed by atoms with Gasteiger partial charge >= 0.3 is 6.03 Å². The predicted molar refractivity (Wildman–Crippen MR) is 100 cm³/mol. The summed E-state index contributed by atoms with van der Waals surface area (Å²) >= 11 is 0. The Morgan fingerprint density at radius 3 is 2.32 bits per heavy atom. The molecule has 3 N–H and O–H groups in total. The summed E-state index contributed by atoms with van der Waals surface area (Å²) in [5, 5.41) is 7.77. The van der Waals surface area contributed by atoms with Gasteiger partial charge in [0.1, 0.15) is 11.4 Å². The van der Waals surface area contributed by atoms with E-state index in [1.807, 2.05) is 24.3 Å². The Kier molecular flexibility index (Phi) is 4.58. The van der Waals surface area contributed by atoms with Crippen LogP contribution in [-0.2, 0) is 16.1 Å². The van der Waals surface area contributed by atoms with Crippen LogP contribution in [0.5, 0.6) is 0 Å². The third-order valence-electron chi connectivity index (χ3n) is 5.54. The highest BCUT2D eigenvalue weighted by molar-refractivity contribution is 6.09. The molecule has 28 heavy (non-hydrogen) atoms. The van der Waals surface area contributed by atoms with E-state index in [9.17, 15) is 18.8 Å². The van der Waals surface area contributed by atoms with E-state index < -0.39 is 23.4 Å². The van der Waals surface area contributed by atoms with Crippen molar-refractivity contribution in [2.45, 2.75) is 31.3 Å². The number of rotatable bonds is 4. The van der Waals surface area contributed by atoms with Crippen LogP contribution in [0.2, 0.25) is 0 Å². The summed E-state index contributed by atoms with van der Waals surface area (Å²) in [6.45, 7) is 0.324. The van der Waals surface area contributed by atoms with E-state index in [2.05, 4.69) is 16.0 Å². The molecule has 2 aliphatic rings. The van der Waals surface area contributed by atoms with Gasteiger partial charge in [0.2, 0.25) is 5.91 Å². The fourth-order valence-corrected chi connectivity index (χ4v) is 4.06. The zero-order chi connectivity index (χ0) is 19.7. The zero-order valence-corrected chi connectivity index (χ0v) is 15.1. The summed E-state index contributed by atoms with van der Waals surface area (Å²) in [4.78, 5) is 36.4. The largest absolute Gasteiger partial charge is 0.352 e. The number of carbonyl (C=O) groups excluding carboxylic acids is 3. The maximum atomic E-state index is 13.0. The van der Waals surface area contributed by atoms with E-state index in [1.165, 1.54) is 12.1 Å². The number of hydrogen-bond acceptors (Lipinski definition) is 3. The Morgan fingerprint density at radius 2 is 1.71 bits per heavy atom. The summed E-state index contributed by atoms with van der Waals surface area (Å²) in [6, 6.07) is 13.3. The van der Waals surface area contributed by atoms with Gasteiger partial charge in [-0.25, -0.2) is 9.18 Å². The number of urea groups is 1. The smallest absolute Gasteiger partial charge is 0.322 e. The Morgan fingerprint density at radius 1 is 1.07 bits per heavy atom. The first kappa shape index (κ1) is 18.2. The lowest BCUT2D eigenvalue weighted by Crippen LogP contribution is -2.54. The van der Waals surface area contributed by atoms with Crippen LogP contribution >= 0.6 is 0 Å². The van der Waals surface area contributed by atoms with Crippen LogP contribution in [0, 0.1) is 11.7 Å². The highest BCUT2D eigenvalue weighted by atomic mass is 19.1. The van der Waals surface area contributed by atoms with Gasteiger partial charge in [0, 0.05) is 6.54 Å². The second-order valence-electron chi connectivity index (χ2n) is 7.25. The number of nitrogens with one attached hydrogen (secondary N) is 3. The maximum absolute atomic E-state index is 13.0. The van der Waals surface area contributed by atoms with E-state index in [4.69, 9.17) is 0 Å². The highest BCUT2D eigenvalue weighted by Crippen LogP contribution is 2.38. The van der Waals surface area contributed by atoms with E-state index in [-0.39, 0.29) is 11.7 Å². The van der Waals surface area contributed by atoms with Gasteiger partial charge in [0.25, 0.3) is 5.91 Å². The van der Waals surface area contributed by atoms with Gasteiger partial charge in [0.15, 0.2) is 0 Å². The minimum Gasteiger partial charge on any atom is -0.352 e. The van der Waals surface area contributed by atoms with Crippen molar-refractivity contribution >= 4 is 17.8 Å². The first-order valence-corrected chi connectivity index (χ1v) is 9.24. The van der Waals surface area contributed by atoms with E-state index in [0.29, 0.717) is 25.8 Å². The molecule has 2 atom stereocenters. The summed E-state index contributed by atoms with van der Waals surface area (Å²) in [7, 11) is 0. The van der Waals surface area contributed by atoms with Crippen molar-refractivity contribution in [1.82, 2.24) is 16.0 Å². The molecule has 2 aromatic carbocycles. The molecule has 144 valence electrons. The average Bonchev–Trinajstić information content (AvgIpc) is 3.24. The number of carbonyl (C=O) groups is 3. The number of benzene rings is 2. The van der Waals surface area contributed by atoms with Gasteiger partial charge in [-0.3, -0.25) is 14.9 Å². The zero-order valence-electron chi connectivity index (χ0n) is 15.1. The van der Waals surface area contributed by atoms with E-state index >= 15 is 0 Å². The lowest BCUT2D eigenvalue weighted by Gasteiger charge is -2.27. The van der Waals surface area contributed by atoms with Gasteiger partial charge in [-0.05, 0) is 48.1 Å². The van der Waals surface area contributed by atoms with E-state index in [1.54, 1.807) is 12.1 Å². The van der Waals surface area contributed by atoms with Crippen molar-refractivity contribution in [3.8, 4) is 11.1 Å². The second kappa shape index (κ2) is 7.07. The maximum Gasteiger partial charge on any atom is 0.322 e. The quantitative estimate of drug-likeness (QED) is 0.711. The van der Waals surface area contributed by atoms with Crippen molar-refractivity contribution in [1.29, 1.82) is 0 Å². The molecule has 1 spiro atoms. The van der Waals surface area contributed by atoms with Gasteiger partial charge < -0.3 is 10.6 Å². The second-order valence-corrected chi connectivity index (χ2v) is 7.25. The first-order chi connectivity index (χ1) is 13.5. The number of imide groups is 1. The SMILES string of the molecule is O=C1NC(=O)C2(CCCC2C(=O)NCc2ccc(-c3ccc(F)cc3)cc2)N1. The molecule has 7 heteroatoms. The fourth-order valence-electron chi connectivity index (χ4n) is 4.06. The molecule has 0 bridgehead atoms. The molecule has 1 aliphatic heterocycles. The molecule has 1 heterocycles. The van der Waals surface area contributed by atoms with Crippen LogP contribution in [0.3, 0.4) is 0 Å². The third kappa shape index (κ3) is 3.24. The number of hydrogen-bond donors (Lipinski definition) is 3. The monoisotopic (exact) mass is 381 g/mol. The van der Waals surface area contributed by atoms with Crippen LogP contribution in [0.15, 0.2) is 48.5 Å². The number of amides is 4. The van der Waals surface area contributed by atoms with E-state index in [0.717, 1.165) is 16.7 Å². The van der Waals surface area contributed by atoms with Crippen LogP contribution in [0.25, 0.3) is 11.1 Å². The van der Waals surface area contributed by atoms with Crippen LogP contribution < -0.4 is 16.0 Å². The lowest BCUT2D eigenvalue weighted by molar-refractivity contribution is -0.133. The van der Waals surface area contributed by atoms with Crippen LogP contribution in [0.1, 0.15) is 24.8 Å². The Balaban J connectivity index is 1.40. The standard InChI is InChI=1S/C21H20FN3O3/c22-16-9-7-15(8-10-16)14-5-3-13(4-6-14)12-23-18(26)17-2-1-11-21(17)19(27)24-20(28)25-21/h3-10,17H,1-2,11-12H2,(H,23,26)(H2,24,25,27,28). The minimum atomic E-state index is -1.12. The molecule has 2 unspecified atom stereocenters. The molecule has 4 amide bonds. The van der Waals surface area contributed by atoms with Gasteiger partial charge in [-0.2, -0.15) is 0 Å². The Hall–Kier alpha value is -3.22. The Bertz CT molecular complexity index is 927. The third-order valence-corrected chi connectivity index (χ3v) is 5.54. The molecule has 4 rings (SSSR count). The van der Waals surface area contributed by atoms with Gasteiger partial charge in [-0.15, -0.1) is 0 Å². The summed E-state index contributed by atoms with van der Waals surface area (Å²) in [5.74, 6) is -1.51. The fraction of sp³-hybridized carbons (Fsp3) is 0.286. The topological polar surface area (TPSA) is 87.3 Å². The molecular formula is C21H20FN3O3. The van der Waals surface area contributed by atoms with Crippen LogP contribution in [-0.4, -0.2) is 23.4 Å². The van der Waals surface area contributed by atoms with Gasteiger partial charge in [0.05, 0.1) is 5.92 Å². The molecule has 2 aromatic rings. The molecule has 6 nitrogen and oxygen atoms in total. The minimum absolute atomic E-state index is 0.238. The van der Waals surface area contributed by atoms with Crippen molar-refractivity contribution < 1.29 is 18.8 Å². The highest BCUT2D eigenvalue weighted by Gasteiger charge is 2.56. The normalized spacial score (nSPS) is 23.5. The Labute approximate surface area is 161 Å². The molecular weight excluding hydrogens is 361 g/mol. The number of halogens is 1. The summed E-state index contributed by atoms with van der Waals surface area (Å²) in [5.41, 5.74) is 1.65. The lowest BCUT2D eigenvalue weighted by atomic mass is 9.86.